The van der Waals surface area contributed by atoms with Gasteiger partial charge in [-0.1, -0.05) is 37.0 Å². The molecule has 0 fully saturated rings. The van der Waals surface area contributed by atoms with E-state index >= 15 is 0 Å². The van der Waals surface area contributed by atoms with Crippen molar-refractivity contribution in [3.05, 3.63) is 21.9 Å². The Bertz CT molecular complexity index is 382. The molecule has 3 nitrogen and oxygen atoms in total. The molecular weight excluding hydrogens is 221 g/mol. The SMILES string of the molecule is CC(C)(CC#N)c1cc(Cl)nnc1Cl. The van der Waals surface area contributed by atoms with Gasteiger partial charge in [-0.05, 0) is 6.07 Å². The van der Waals surface area contributed by atoms with E-state index in [1.807, 2.05) is 13.8 Å². The molecule has 0 saturated heterocycles. The van der Waals surface area contributed by atoms with E-state index in [-0.39, 0.29) is 10.6 Å². The third-order valence-electron chi connectivity index (χ3n) is 1.97. The molecule has 0 radical (unpaired) electrons. The van der Waals surface area contributed by atoms with E-state index in [9.17, 15) is 0 Å². The van der Waals surface area contributed by atoms with Crippen LogP contribution in [0.25, 0.3) is 0 Å². The number of hydrogen-bond acceptors (Lipinski definition) is 3. The highest BCUT2D eigenvalue weighted by Gasteiger charge is 2.24. The first-order valence-corrected chi connectivity index (χ1v) is 4.79. The molecule has 5 heteroatoms. The molecule has 0 spiro atoms. The minimum absolute atomic E-state index is 0.287. The van der Waals surface area contributed by atoms with E-state index in [1.165, 1.54) is 0 Å². The molecule has 0 saturated carbocycles. The van der Waals surface area contributed by atoms with E-state index < -0.39 is 0 Å². The highest BCUT2D eigenvalue weighted by atomic mass is 35.5. The van der Waals surface area contributed by atoms with Crippen LogP contribution in [0.3, 0.4) is 0 Å². The molecule has 0 bridgehead atoms. The number of halogens is 2. The number of rotatable bonds is 2. The number of hydrogen-bond donors (Lipinski definition) is 0. The topological polar surface area (TPSA) is 49.6 Å². The van der Waals surface area contributed by atoms with Gasteiger partial charge in [-0.2, -0.15) is 5.26 Å². The summed E-state index contributed by atoms with van der Waals surface area (Å²) in [6, 6.07) is 3.75. The Kier molecular flexibility index (Phi) is 3.30. The van der Waals surface area contributed by atoms with Crippen molar-refractivity contribution in [3.63, 3.8) is 0 Å². The molecule has 0 aliphatic carbocycles. The molecule has 1 aromatic rings. The van der Waals surface area contributed by atoms with Gasteiger partial charge in [0.05, 0.1) is 6.07 Å². The van der Waals surface area contributed by atoms with Gasteiger partial charge in [-0.3, -0.25) is 0 Å². The summed E-state index contributed by atoms with van der Waals surface area (Å²) in [6.45, 7) is 3.82. The van der Waals surface area contributed by atoms with Gasteiger partial charge in [0.1, 0.15) is 0 Å². The lowest BCUT2D eigenvalue weighted by molar-refractivity contribution is 0.536. The standard InChI is InChI=1S/C9H9Cl2N3/c1-9(2,3-4-12)6-5-7(10)13-14-8(6)11/h5H,3H2,1-2H3. The van der Waals surface area contributed by atoms with Crippen molar-refractivity contribution in [2.24, 2.45) is 0 Å². The molecule has 0 atom stereocenters. The largest absolute Gasteiger partial charge is 0.198 e. The Morgan fingerprint density at radius 1 is 1.43 bits per heavy atom. The Morgan fingerprint density at radius 3 is 2.64 bits per heavy atom. The van der Waals surface area contributed by atoms with Gasteiger partial charge in [-0.25, -0.2) is 0 Å². The number of aromatic nitrogens is 2. The van der Waals surface area contributed by atoms with E-state index in [1.54, 1.807) is 6.07 Å². The second-order valence-corrected chi connectivity index (χ2v) is 4.34. The summed E-state index contributed by atoms with van der Waals surface area (Å²) in [5.74, 6) is 0. The predicted octanol–water partition coefficient (Wildman–Crippen LogP) is 2.97. The maximum atomic E-state index is 8.66. The minimum atomic E-state index is -0.356. The second kappa shape index (κ2) is 4.12. The summed E-state index contributed by atoms with van der Waals surface area (Å²) in [5.41, 5.74) is 0.395. The van der Waals surface area contributed by atoms with Crippen LogP contribution in [0.5, 0.6) is 0 Å². The van der Waals surface area contributed by atoms with E-state index in [0.29, 0.717) is 11.6 Å². The molecule has 0 amide bonds. The average molecular weight is 230 g/mol. The number of nitriles is 1. The third-order valence-corrected chi connectivity index (χ3v) is 2.43. The van der Waals surface area contributed by atoms with Crippen molar-refractivity contribution in [2.75, 3.05) is 0 Å². The predicted molar refractivity (Wildman–Crippen MR) is 55.3 cm³/mol. The Hall–Kier alpha value is -0.850. The van der Waals surface area contributed by atoms with Crippen molar-refractivity contribution in [1.29, 1.82) is 5.26 Å². The fourth-order valence-corrected chi connectivity index (χ4v) is 1.62. The Balaban J connectivity index is 3.18. The number of nitrogens with zero attached hydrogens (tertiary/aromatic N) is 3. The summed E-state index contributed by atoms with van der Waals surface area (Å²) < 4.78 is 0. The maximum Gasteiger partial charge on any atom is 0.155 e. The van der Waals surface area contributed by atoms with Crippen molar-refractivity contribution in [3.8, 4) is 6.07 Å². The van der Waals surface area contributed by atoms with Gasteiger partial charge in [0.2, 0.25) is 0 Å². The Morgan fingerprint density at radius 2 is 2.07 bits per heavy atom. The van der Waals surface area contributed by atoms with E-state index in [4.69, 9.17) is 28.5 Å². The zero-order chi connectivity index (χ0) is 10.8. The lowest BCUT2D eigenvalue weighted by Gasteiger charge is -2.21. The first kappa shape index (κ1) is 11.2. The molecule has 14 heavy (non-hydrogen) atoms. The summed E-state index contributed by atoms with van der Waals surface area (Å²) in [4.78, 5) is 0. The van der Waals surface area contributed by atoms with Crippen LogP contribution in [-0.4, -0.2) is 10.2 Å². The molecule has 0 aliphatic heterocycles. The lowest BCUT2D eigenvalue weighted by atomic mass is 9.83. The van der Waals surface area contributed by atoms with Gasteiger partial charge < -0.3 is 0 Å². The van der Waals surface area contributed by atoms with Crippen LogP contribution in [0.4, 0.5) is 0 Å². The molecule has 1 heterocycles. The van der Waals surface area contributed by atoms with Crippen LogP contribution >= 0.6 is 23.2 Å². The molecule has 1 aromatic heterocycles. The third kappa shape index (κ3) is 2.34. The quantitative estimate of drug-likeness (QED) is 0.784. The monoisotopic (exact) mass is 229 g/mol. The molecular formula is C9H9Cl2N3. The summed E-state index contributed by atoms with van der Waals surface area (Å²) >= 11 is 11.6. The smallest absolute Gasteiger partial charge is 0.155 e. The summed E-state index contributed by atoms with van der Waals surface area (Å²) in [6.07, 6.45) is 0.356. The average Bonchev–Trinajstić information content (AvgIpc) is 2.09. The second-order valence-electron chi connectivity index (χ2n) is 3.59. The van der Waals surface area contributed by atoms with E-state index in [2.05, 4.69) is 16.3 Å². The van der Waals surface area contributed by atoms with Crippen LogP contribution in [0.1, 0.15) is 25.8 Å². The zero-order valence-corrected chi connectivity index (χ0v) is 9.39. The van der Waals surface area contributed by atoms with Crippen LogP contribution < -0.4 is 0 Å². The van der Waals surface area contributed by atoms with Crippen molar-refractivity contribution in [2.45, 2.75) is 25.7 Å². The molecule has 0 aromatic carbocycles. The fraction of sp³-hybridized carbons (Fsp3) is 0.444. The van der Waals surface area contributed by atoms with Crippen LogP contribution in [-0.2, 0) is 5.41 Å². The first-order chi connectivity index (χ1) is 6.47. The molecule has 1 rings (SSSR count). The van der Waals surface area contributed by atoms with Gasteiger partial charge in [0, 0.05) is 17.4 Å². The van der Waals surface area contributed by atoms with Gasteiger partial charge >= 0.3 is 0 Å². The van der Waals surface area contributed by atoms with Gasteiger partial charge in [-0.15, -0.1) is 10.2 Å². The van der Waals surface area contributed by atoms with Crippen LogP contribution in [0, 0.1) is 11.3 Å². The van der Waals surface area contributed by atoms with E-state index in [0.717, 1.165) is 5.56 Å². The lowest BCUT2D eigenvalue weighted by Crippen LogP contribution is -2.17. The van der Waals surface area contributed by atoms with Crippen LogP contribution in [0.2, 0.25) is 10.3 Å². The minimum Gasteiger partial charge on any atom is -0.198 e. The van der Waals surface area contributed by atoms with Crippen molar-refractivity contribution < 1.29 is 0 Å². The van der Waals surface area contributed by atoms with Crippen molar-refractivity contribution >= 4 is 23.2 Å². The molecule has 0 unspecified atom stereocenters. The normalized spacial score (nSPS) is 11.1. The zero-order valence-electron chi connectivity index (χ0n) is 7.88. The van der Waals surface area contributed by atoms with Crippen LogP contribution in [0.15, 0.2) is 6.07 Å². The fourth-order valence-electron chi connectivity index (χ4n) is 1.12. The summed E-state index contributed by atoms with van der Waals surface area (Å²) in [7, 11) is 0. The highest BCUT2D eigenvalue weighted by Crippen LogP contribution is 2.31. The first-order valence-electron chi connectivity index (χ1n) is 4.03. The summed E-state index contributed by atoms with van der Waals surface area (Å²) in [5, 5.41) is 16.6. The van der Waals surface area contributed by atoms with Gasteiger partial charge in [0.25, 0.3) is 0 Å². The van der Waals surface area contributed by atoms with Gasteiger partial charge in [0.15, 0.2) is 10.3 Å². The molecule has 0 N–H and O–H groups in total. The Labute approximate surface area is 92.7 Å². The molecule has 74 valence electrons. The maximum absolute atomic E-state index is 8.66. The molecule has 0 aliphatic rings. The highest BCUT2D eigenvalue weighted by molar-refractivity contribution is 6.31. The van der Waals surface area contributed by atoms with Crippen molar-refractivity contribution in [1.82, 2.24) is 10.2 Å².